The lowest BCUT2D eigenvalue weighted by molar-refractivity contribution is -0.151. The number of nitrogens with one attached hydrogen (secondary N) is 1. The molecule has 1 unspecified atom stereocenters. The van der Waals surface area contributed by atoms with Crippen LogP contribution in [0, 0.1) is 0 Å². The summed E-state index contributed by atoms with van der Waals surface area (Å²) in [5, 5.41) is 2.91. The van der Waals surface area contributed by atoms with Gasteiger partial charge in [-0.2, -0.15) is 8.78 Å². The summed E-state index contributed by atoms with van der Waals surface area (Å²) in [7, 11) is 0. The van der Waals surface area contributed by atoms with Gasteiger partial charge in [0.2, 0.25) is 0 Å². The van der Waals surface area contributed by atoms with Gasteiger partial charge >= 0.3 is 0 Å². The maximum atomic E-state index is 13.9. The van der Waals surface area contributed by atoms with E-state index in [-0.39, 0.29) is 12.1 Å². The molecule has 0 bridgehead atoms. The summed E-state index contributed by atoms with van der Waals surface area (Å²) in [6.07, 6.45) is -1.06. The number of hydrogen-bond acceptors (Lipinski definition) is 2. The Balaban J connectivity index is 2.18. The molecule has 0 aromatic heterocycles. The Hall–Kier alpha value is -1.00. The van der Waals surface area contributed by atoms with Crippen LogP contribution in [-0.2, 0) is 10.7 Å². The third-order valence-electron chi connectivity index (χ3n) is 2.49. The smallest absolute Gasteiger partial charge is 0.300 e. The molecule has 15 heavy (non-hydrogen) atoms. The lowest BCUT2D eigenvalue weighted by Gasteiger charge is -2.30. The van der Waals surface area contributed by atoms with Gasteiger partial charge in [0.25, 0.3) is 5.92 Å². The molecule has 1 N–H and O–H groups in total. The molecule has 1 aliphatic heterocycles. The number of benzene rings is 1. The molecule has 1 aromatic rings. The molecule has 82 valence electrons. The zero-order valence-electron chi connectivity index (χ0n) is 8.25. The van der Waals surface area contributed by atoms with Crippen LogP contribution in [0.1, 0.15) is 5.56 Å². The summed E-state index contributed by atoms with van der Waals surface area (Å²) in [5.74, 6) is -2.92. The molecule has 1 atom stereocenters. The van der Waals surface area contributed by atoms with E-state index in [2.05, 4.69) is 5.32 Å². The van der Waals surface area contributed by atoms with Crippen LogP contribution in [0.5, 0.6) is 0 Å². The lowest BCUT2D eigenvalue weighted by atomic mass is 10.0. The first kappa shape index (κ1) is 10.5. The first-order valence-electron chi connectivity index (χ1n) is 4.97. The molecule has 2 rings (SSSR count). The SMILES string of the molecule is FC(F)(c1ccccc1)C1CNCCO1. The monoisotopic (exact) mass is 213 g/mol. The van der Waals surface area contributed by atoms with Gasteiger partial charge in [-0.1, -0.05) is 30.3 Å². The molecule has 4 heteroatoms. The Morgan fingerprint density at radius 3 is 2.60 bits per heavy atom. The molecule has 0 saturated carbocycles. The first-order chi connectivity index (χ1) is 7.21. The van der Waals surface area contributed by atoms with Gasteiger partial charge in [0.15, 0.2) is 0 Å². The van der Waals surface area contributed by atoms with Crippen LogP contribution in [-0.4, -0.2) is 25.8 Å². The van der Waals surface area contributed by atoms with Gasteiger partial charge in [-0.25, -0.2) is 0 Å². The van der Waals surface area contributed by atoms with Crippen LogP contribution < -0.4 is 5.32 Å². The summed E-state index contributed by atoms with van der Waals surface area (Å²) in [4.78, 5) is 0. The number of alkyl halides is 2. The van der Waals surface area contributed by atoms with Crippen molar-refractivity contribution < 1.29 is 13.5 Å². The highest BCUT2D eigenvalue weighted by Crippen LogP contribution is 2.33. The number of halogens is 2. The predicted octanol–water partition coefficient (Wildman–Crippen LogP) is 1.77. The largest absolute Gasteiger partial charge is 0.369 e. The third-order valence-corrected chi connectivity index (χ3v) is 2.49. The van der Waals surface area contributed by atoms with Gasteiger partial charge in [-0.15, -0.1) is 0 Å². The van der Waals surface area contributed by atoms with Gasteiger partial charge in [-0.05, 0) is 0 Å². The summed E-state index contributed by atoms with van der Waals surface area (Å²) < 4.78 is 32.8. The minimum atomic E-state index is -2.92. The maximum Gasteiger partial charge on any atom is 0.300 e. The van der Waals surface area contributed by atoms with Crippen LogP contribution in [0.25, 0.3) is 0 Å². The number of rotatable bonds is 2. The van der Waals surface area contributed by atoms with Crippen molar-refractivity contribution in [2.75, 3.05) is 19.7 Å². The Morgan fingerprint density at radius 1 is 1.27 bits per heavy atom. The van der Waals surface area contributed by atoms with Gasteiger partial charge < -0.3 is 10.1 Å². The highest BCUT2D eigenvalue weighted by atomic mass is 19.3. The minimum absolute atomic E-state index is 0.0127. The van der Waals surface area contributed by atoms with Crippen molar-refractivity contribution in [3.63, 3.8) is 0 Å². The molecule has 0 amide bonds. The summed E-state index contributed by atoms with van der Waals surface area (Å²) in [6.45, 7) is 1.18. The molecule has 0 radical (unpaired) electrons. The fraction of sp³-hybridized carbons (Fsp3) is 0.455. The molecule has 1 aromatic carbocycles. The molecule has 0 spiro atoms. The van der Waals surface area contributed by atoms with Crippen LogP contribution in [0.4, 0.5) is 8.78 Å². The van der Waals surface area contributed by atoms with E-state index in [9.17, 15) is 8.78 Å². The molecule has 1 aliphatic rings. The third kappa shape index (κ3) is 2.16. The average molecular weight is 213 g/mol. The van der Waals surface area contributed by atoms with Crippen molar-refractivity contribution in [1.29, 1.82) is 0 Å². The summed E-state index contributed by atoms with van der Waals surface area (Å²) in [5.41, 5.74) is 0.0127. The summed E-state index contributed by atoms with van der Waals surface area (Å²) in [6, 6.07) is 7.80. The quantitative estimate of drug-likeness (QED) is 0.808. The van der Waals surface area contributed by atoms with E-state index in [0.717, 1.165) is 0 Å². The standard InChI is InChI=1S/C11H13F2NO/c12-11(13,9-4-2-1-3-5-9)10-8-14-6-7-15-10/h1-5,10,14H,6-8H2. The first-order valence-corrected chi connectivity index (χ1v) is 4.97. The summed E-state index contributed by atoms with van der Waals surface area (Å²) >= 11 is 0. The van der Waals surface area contributed by atoms with Gasteiger partial charge in [-0.3, -0.25) is 0 Å². The molecule has 0 aliphatic carbocycles. The van der Waals surface area contributed by atoms with E-state index in [0.29, 0.717) is 13.2 Å². The Labute approximate surface area is 87.2 Å². The number of morpholine rings is 1. The second-order valence-corrected chi connectivity index (χ2v) is 3.55. The van der Waals surface area contributed by atoms with E-state index in [1.54, 1.807) is 18.2 Å². The average Bonchev–Trinajstić information content (AvgIpc) is 2.31. The van der Waals surface area contributed by atoms with E-state index in [4.69, 9.17) is 4.74 Å². The van der Waals surface area contributed by atoms with Crippen molar-refractivity contribution in [3.8, 4) is 0 Å². The van der Waals surface area contributed by atoms with Crippen LogP contribution in [0.3, 0.4) is 0 Å². The fourth-order valence-electron chi connectivity index (χ4n) is 1.64. The Bertz CT molecular complexity index is 310. The van der Waals surface area contributed by atoms with E-state index >= 15 is 0 Å². The van der Waals surface area contributed by atoms with E-state index in [1.165, 1.54) is 12.1 Å². The van der Waals surface area contributed by atoms with Crippen molar-refractivity contribution in [1.82, 2.24) is 5.32 Å². The zero-order chi connectivity index (χ0) is 10.7. The van der Waals surface area contributed by atoms with Gasteiger partial charge in [0.05, 0.1) is 6.61 Å². The topological polar surface area (TPSA) is 21.3 Å². The maximum absolute atomic E-state index is 13.9. The van der Waals surface area contributed by atoms with Crippen LogP contribution >= 0.6 is 0 Å². The van der Waals surface area contributed by atoms with Crippen molar-refractivity contribution in [2.45, 2.75) is 12.0 Å². The normalized spacial score (nSPS) is 22.7. The fourth-order valence-corrected chi connectivity index (χ4v) is 1.64. The Kier molecular flexibility index (Phi) is 2.98. The second kappa shape index (κ2) is 4.24. The molecular formula is C11H13F2NO. The van der Waals surface area contributed by atoms with E-state index < -0.39 is 12.0 Å². The molecule has 1 fully saturated rings. The zero-order valence-corrected chi connectivity index (χ0v) is 8.25. The van der Waals surface area contributed by atoms with Crippen molar-refractivity contribution in [3.05, 3.63) is 35.9 Å². The van der Waals surface area contributed by atoms with Crippen molar-refractivity contribution in [2.24, 2.45) is 0 Å². The predicted molar refractivity (Wildman–Crippen MR) is 52.9 cm³/mol. The number of hydrogen-bond donors (Lipinski definition) is 1. The van der Waals surface area contributed by atoms with E-state index in [1.807, 2.05) is 0 Å². The highest BCUT2D eigenvalue weighted by Gasteiger charge is 2.42. The van der Waals surface area contributed by atoms with Gasteiger partial charge in [0.1, 0.15) is 6.10 Å². The second-order valence-electron chi connectivity index (χ2n) is 3.55. The Morgan fingerprint density at radius 2 is 2.00 bits per heavy atom. The minimum Gasteiger partial charge on any atom is -0.369 e. The van der Waals surface area contributed by atoms with Crippen molar-refractivity contribution >= 4 is 0 Å². The van der Waals surface area contributed by atoms with Crippen LogP contribution in [0.2, 0.25) is 0 Å². The molecule has 1 heterocycles. The molecule has 1 saturated heterocycles. The molecular weight excluding hydrogens is 200 g/mol. The number of ether oxygens (including phenoxy) is 1. The lowest BCUT2D eigenvalue weighted by Crippen LogP contribution is -2.47. The van der Waals surface area contributed by atoms with Crippen LogP contribution in [0.15, 0.2) is 30.3 Å². The highest BCUT2D eigenvalue weighted by molar-refractivity contribution is 5.21. The molecule has 2 nitrogen and oxygen atoms in total. The van der Waals surface area contributed by atoms with Gasteiger partial charge in [0, 0.05) is 18.7 Å².